The molecule has 0 bridgehead atoms. The number of aromatic nitrogens is 3. The molecule has 0 fully saturated rings. The van der Waals surface area contributed by atoms with E-state index in [0.29, 0.717) is 17.2 Å². The fourth-order valence-corrected chi connectivity index (χ4v) is 2.71. The van der Waals surface area contributed by atoms with Crippen molar-refractivity contribution in [3.63, 3.8) is 0 Å². The summed E-state index contributed by atoms with van der Waals surface area (Å²) in [5.74, 6) is 4.43. The van der Waals surface area contributed by atoms with Crippen LogP contribution in [-0.4, -0.2) is 26.5 Å². The number of benzene rings is 1. The molecule has 7 nitrogen and oxygen atoms in total. The lowest BCUT2D eigenvalue weighted by molar-refractivity contribution is 0.585. The summed E-state index contributed by atoms with van der Waals surface area (Å²) >= 11 is 0. The number of fused-ring (bicyclic) bond motifs is 1. The average Bonchev–Trinajstić information content (AvgIpc) is 2.95. The Bertz CT molecular complexity index is 1020. The molecule has 4 N–H and O–H groups in total. The summed E-state index contributed by atoms with van der Waals surface area (Å²) in [7, 11) is 0. The highest BCUT2D eigenvalue weighted by molar-refractivity contribution is 6.32. The molecule has 3 aromatic rings. The number of nitrogens with two attached hydrogens (primary N) is 2. The first-order valence-corrected chi connectivity index (χ1v) is 7.77. The normalized spacial score (nSPS) is 13.6. The second kappa shape index (κ2) is 6.87. The molecule has 2 aromatic heterocycles. The van der Waals surface area contributed by atoms with Crippen LogP contribution < -0.4 is 11.6 Å². The summed E-state index contributed by atoms with van der Waals surface area (Å²) in [6.07, 6.45) is 4.58. The smallest absolute Gasteiger partial charge is 0.151 e. The van der Waals surface area contributed by atoms with Gasteiger partial charge >= 0.3 is 0 Å². The molecule has 1 aromatic carbocycles. The van der Waals surface area contributed by atoms with Gasteiger partial charge in [-0.2, -0.15) is 5.10 Å². The number of aliphatic imine (C=N–C) groups is 1. The molecule has 26 heavy (non-hydrogen) atoms. The molecular weight excluding hydrogens is 340 g/mol. The van der Waals surface area contributed by atoms with Crippen LogP contribution in [0, 0.1) is 18.6 Å². The topological polar surface area (TPSA) is 107 Å². The van der Waals surface area contributed by atoms with Crippen molar-refractivity contribution in [3.05, 3.63) is 47.9 Å². The number of hydrogen-bond donors (Lipinski definition) is 2. The first-order valence-electron chi connectivity index (χ1n) is 7.77. The lowest BCUT2D eigenvalue weighted by atomic mass is 10.2. The molecule has 0 radical (unpaired) electrons. The van der Waals surface area contributed by atoms with E-state index in [2.05, 4.69) is 20.1 Å². The molecule has 2 heterocycles. The molecule has 9 heteroatoms. The highest BCUT2D eigenvalue weighted by atomic mass is 19.1. The molecule has 1 atom stereocenters. The Morgan fingerprint density at radius 2 is 2.08 bits per heavy atom. The van der Waals surface area contributed by atoms with Gasteiger partial charge in [0.15, 0.2) is 5.82 Å². The largest absolute Gasteiger partial charge is 0.383 e. The Kier molecular flexibility index (Phi) is 4.61. The molecule has 0 amide bonds. The lowest BCUT2D eigenvalue weighted by Crippen LogP contribution is -2.19. The molecule has 134 valence electrons. The van der Waals surface area contributed by atoms with E-state index < -0.39 is 11.6 Å². The second-order valence-corrected chi connectivity index (χ2v) is 5.76. The van der Waals surface area contributed by atoms with E-state index in [9.17, 15) is 8.78 Å². The third-order valence-electron chi connectivity index (χ3n) is 4.07. The summed E-state index contributed by atoms with van der Waals surface area (Å²) < 4.78 is 28.5. The van der Waals surface area contributed by atoms with Crippen LogP contribution in [0.5, 0.6) is 0 Å². The lowest BCUT2D eigenvalue weighted by Gasteiger charge is -2.14. The van der Waals surface area contributed by atoms with Crippen LogP contribution >= 0.6 is 0 Å². The van der Waals surface area contributed by atoms with Gasteiger partial charge in [-0.05, 0) is 31.5 Å². The van der Waals surface area contributed by atoms with E-state index in [0.717, 1.165) is 23.1 Å². The maximum absolute atomic E-state index is 13.7. The summed E-state index contributed by atoms with van der Waals surface area (Å²) in [5, 5.41) is 4.49. The first-order chi connectivity index (χ1) is 12.4. The van der Waals surface area contributed by atoms with Crippen LogP contribution in [-0.2, 0) is 0 Å². The van der Waals surface area contributed by atoms with Crippen LogP contribution in [0.2, 0.25) is 0 Å². The summed E-state index contributed by atoms with van der Waals surface area (Å²) in [4.78, 5) is 12.3. The maximum atomic E-state index is 13.7. The first kappa shape index (κ1) is 17.5. The monoisotopic (exact) mass is 357 g/mol. The van der Waals surface area contributed by atoms with Crippen molar-refractivity contribution in [2.24, 2.45) is 15.9 Å². The zero-order valence-corrected chi connectivity index (χ0v) is 14.2. The van der Waals surface area contributed by atoms with Gasteiger partial charge in [0.2, 0.25) is 0 Å². The van der Waals surface area contributed by atoms with Gasteiger partial charge in [0.25, 0.3) is 0 Å². The average molecular weight is 357 g/mol. The van der Waals surface area contributed by atoms with Gasteiger partial charge in [0.1, 0.15) is 29.3 Å². The van der Waals surface area contributed by atoms with Crippen LogP contribution in [0.15, 0.2) is 40.8 Å². The number of nitrogens with zero attached hydrogens (tertiary/aromatic N) is 5. The number of nitrogen functional groups attached to an aromatic ring is 1. The predicted molar refractivity (Wildman–Crippen MR) is 97.5 cm³/mol. The number of hydrazone groups is 1. The van der Waals surface area contributed by atoms with Crippen LogP contribution in [0.3, 0.4) is 0 Å². The van der Waals surface area contributed by atoms with Crippen molar-refractivity contribution < 1.29 is 8.78 Å². The predicted octanol–water partition coefficient (Wildman–Crippen LogP) is 2.88. The van der Waals surface area contributed by atoms with Crippen molar-refractivity contribution in [3.8, 4) is 0 Å². The fourth-order valence-electron chi connectivity index (χ4n) is 2.71. The molecule has 0 saturated carbocycles. The maximum Gasteiger partial charge on any atom is 0.151 e. The third-order valence-corrected chi connectivity index (χ3v) is 4.07. The Morgan fingerprint density at radius 3 is 2.77 bits per heavy atom. The van der Waals surface area contributed by atoms with Crippen molar-refractivity contribution in [2.75, 3.05) is 5.73 Å². The van der Waals surface area contributed by atoms with Gasteiger partial charge in [-0.15, -0.1) is 0 Å². The number of anilines is 1. The summed E-state index contributed by atoms with van der Waals surface area (Å²) in [6.45, 7) is 3.74. The molecule has 0 aliphatic carbocycles. The van der Waals surface area contributed by atoms with E-state index in [4.69, 9.17) is 11.6 Å². The van der Waals surface area contributed by atoms with Crippen molar-refractivity contribution in [2.45, 2.75) is 19.9 Å². The van der Waals surface area contributed by atoms with E-state index in [1.54, 1.807) is 0 Å². The standard InChI is InChI=1S/C17H17F2N7/c1-9-7-26(17-15(9)16(20)23-8-24-17)10(2)14(25-21)6-22-13-4-3-11(18)5-12(13)19/h3-8,10H,21H2,1-2H3,(H2,20,23,24). The molecule has 3 rings (SSSR count). The Labute approximate surface area is 148 Å². The number of halogens is 2. The third kappa shape index (κ3) is 3.10. The zero-order chi connectivity index (χ0) is 18.8. The summed E-state index contributed by atoms with van der Waals surface area (Å²) in [5.41, 5.74) is 7.82. The molecular formula is C17H17F2N7. The van der Waals surface area contributed by atoms with Crippen molar-refractivity contribution in [1.29, 1.82) is 0 Å². The Balaban J connectivity index is 1.97. The number of aryl methyl sites for hydroxylation is 1. The van der Waals surface area contributed by atoms with Crippen molar-refractivity contribution in [1.82, 2.24) is 14.5 Å². The van der Waals surface area contributed by atoms with Gasteiger partial charge in [-0.3, -0.25) is 4.99 Å². The minimum atomic E-state index is -0.770. The molecule has 0 saturated heterocycles. The van der Waals surface area contributed by atoms with Gasteiger partial charge in [0.05, 0.1) is 23.3 Å². The van der Waals surface area contributed by atoms with E-state index in [1.165, 1.54) is 18.6 Å². The second-order valence-electron chi connectivity index (χ2n) is 5.76. The van der Waals surface area contributed by atoms with Gasteiger partial charge in [0, 0.05) is 12.3 Å². The Morgan fingerprint density at radius 1 is 1.31 bits per heavy atom. The van der Waals surface area contributed by atoms with Crippen LogP contribution in [0.1, 0.15) is 18.5 Å². The van der Waals surface area contributed by atoms with Gasteiger partial charge in [-0.1, -0.05) is 0 Å². The quantitative estimate of drug-likeness (QED) is 0.425. The highest BCUT2D eigenvalue weighted by Gasteiger charge is 2.18. The SMILES string of the molecule is Cc1cn(C(C)C(C=Nc2ccc(F)cc2F)=NN)c2ncnc(N)c12. The highest BCUT2D eigenvalue weighted by Crippen LogP contribution is 2.26. The molecule has 0 spiro atoms. The van der Waals surface area contributed by atoms with Gasteiger partial charge < -0.3 is 16.1 Å². The zero-order valence-electron chi connectivity index (χ0n) is 14.2. The van der Waals surface area contributed by atoms with Crippen LogP contribution in [0.25, 0.3) is 11.0 Å². The summed E-state index contributed by atoms with van der Waals surface area (Å²) in [6, 6.07) is 2.78. The van der Waals surface area contributed by atoms with E-state index >= 15 is 0 Å². The minimum absolute atomic E-state index is 0.0140. The Hall–Kier alpha value is -3.36. The molecule has 0 aliphatic heterocycles. The van der Waals surface area contributed by atoms with Crippen molar-refractivity contribution >= 4 is 34.5 Å². The number of hydrogen-bond acceptors (Lipinski definition) is 6. The van der Waals surface area contributed by atoms with Crippen LogP contribution in [0.4, 0.5) is 20.3 Å². The van der Waals surface area contributed by atoms with E-state index in [1.807, 2.05) is 24.6 Å². The van der Waals surface area contributed by atoms with E-state index in [-0.39, 0.29) is 11.7 Å². The minimum Gasteiger partial charge on any atom is -0.383 e. The van der Waals surface area contributed by atoms with Gasteiger partial charge in [-0.25, -0.2) is 18.7 Å². The number of rotatable bonds is 4. The molecule has 0 aliphatic rings. The molecule has 1 unspecified atom stereocenters. The fraction of sp³-hybridized carbons (Fsp3) is 0.176.